The van der Waals surface area contributed by atoms with E-state index in [1.807, 2.05) is 43.3 Å². The smallest absolute Gasteiger partial charge is 0.306 e. The second-order valence-electron chi connectivity index (χ2n) is 8.76. The second-order valence-corrected chi connectivity index (χ2v) is 14.5. The molecule has 0 saturated carbocycles. The van der Waals surface area contributed by atoms with Crippen molar-refractivity contribution in [3.63, 3.8) is 0 Å². The van der Waals surface area contributed by atoms with Crippen LogP contribution in [0.1, 0.15) is 22.9 Å². The van der Waals surface area contributed by atoms with Crippen LogP contribution in [0.4, 0.5) is 16.5 Å². The van der Waals surface area contributed by atoms with Crippen molar-refractivity contribution in [3.8, 4) is 0 Å². The third-order valence-electron chi connectivity index (χ3n) is 6.12. The largest absolute Gasteiger partial charge is 0.399 e. The van der Waals surface area contributed by atoms with Gasteiger partial charge in [-0.15, -0.1) is 0 Å². The summed E-state index contributed by atoms with van der Waals surface area (Å²) >= 11 is 18.3. The van der Waals surface area contributed by atoms with Gasteiger partial charge in [-0.25, -0.2) is 13.4 Å². The van der Waals surface area contributed by atoms with Crippen LogP contribution in [-0.4, -0.2) is 65.5 Å². The average molecular weight is 590 g/mol. The molecule has 1 unspecified atom stereocenters. The van der Waals surface area contributed by atoms with Gasteiger partial charge in [-0.1, -0.05) is 59.1 Å². The van der Waals surface area contributed by atoms with Gasteiger partial charge in [-0.05, 0) is 41.8 Å². The summed E-state index contributed by atoms with van der Waals surface area (Å²) in [7, 11) is -0.0120. The van der Waals surface area contributed by atoms with Gasteiger partial charge in [-0.3, -0.25) is 0 Å². The maximum atomic E-state index is 12.4. The number of alkyl halides is 3. The van der Waals surface area contributed by atoms with Gasteiger partial charge >= 0.3 is 3.12 Å². The Morgan fingerprint density at radius 1 is 1.03 bits per heavy atom. The first-order valence-corrected chi connectivity index (χ1v) is 14.6. The lowest BCUT2D eigenvalue weighted by Gasteiger charge is -2.34. The van der Waals surface area contributed by atoms with Crippen LogP contribution in [0.25, 0.3) is 0 Å². The van der Waals surface area contributed by atoms with Gasteiger partial charge in [-0.2, -0.15) is 8.68 Å². The Kier molecular flexibility index (Phi) is 8.23. The lowest BCUT2D eigenvalue weighted by Crippen LogP contribution is -2.51. The van der Waals surface area contributed by atoms with Crippen molar-refractivity contribution in [2.75, 3.05) is 55.8 Å². The molecule has 0 radical (unpaired) electrons. The highest BCUT2D eigenvalue weighted by Crippen LogP contribution is 2.36. The number of rotatable bonds is 7. The fraction of sp³-hybridized carbons (Fsp3) is 0.391. The molecule has 3 aromatic rings. The number of anilines is 3. The van der Waals surface area contributed by atoms with Crippen LogP contribution in [0.5, 0.6) is 0 Å². The normalized spacial score (nSPS) is 16.2. The minimum Gasteiger partial charge on any atom is -0.399 e. The number of aromatic nitrogens is 2. The molecule has 1 atom stereocenters. The number of nitrogens with zero attached hydrogens (tertiary/aromatic N) is 5. The average Bonchev–Trinajstić information content (AvgIpc) is 3.33. The molecule has 1 aliphatic heterocycles. The van der Waals surface area contributed by atoms with E-state index >= 15 is 0 Å². The number of piperazine rings is 1. The molecule has 0 amide bonds. The van der Waals surface area contributed by atoms with E-state index in [0.29, 0.717) is 24.6 Å². The van der Waals surface area contributed by atoms with E-state index in [4.69, 9.17) is 49.9 Å². The van der Waals surface area contributed by atoms with E-state index in [-0.39, 0.29) is 19.0 Å². The Morgan fingerprint density at radius 2 is 1.64 bits per heavy atom. The molecule has 2 N–H and O–H groups in total. The lowest BCUT2D eigenvalue weighted by atomic mass is 9.91. The van der Waals surface area contributed by atoms with Crippen molar-refractivity contribution in [2.45, 2.75) is 15.5 Å². The van der Waals surface area contributed by atoms with E-state index < -0.39 is 13.1 Å². The number of benzene rings is 2. The molecule has 1 fully saturated rings. The summed E-state index contributed by atoms with van der Waals surface area (Å²) in [5.41, 5.74) is 9.99. The molecule has 0 aliphatic carbocycles. The molecule has 1 aliphatic rings. The van der Waals surface area contributed by atoms with E-state index in [0.717, 1.165) is 22.8 Å². The molecule has 4 rings (SSSR count). The molecule has 2 aromatic carbocycles. The predicted molar refractivity (Wildman–Crippen MR) is 150 cm³/mol. The SMILES string of the molecule is CN(C)c1ccc(CC(c2ccc(N)cc2)c2nsc(N3CCN(S(=O)(=O)C(Cl)(Cl)Cl)CC3)n2)cc1. The molecular weight excluding hydrogens is 563 g/mol. The molecule has 0 bridgehead atoms. The Balaban J connectivity index is 1.54. The first kappa shape index (κ1) is 27.2. The highest BCUT2D eigenvalue weighted by atomic mass is 35.6. The summed E-state index contributed by atoms with van der Waals surface area (Å²) in [5.74, 6) is 0.652. The van der Waals surface area contributed by atoms with Gasteiger partial charge in [0.05, 0.1) is 0 Å². The van der Waals surface area contributed by atoms with Crippen LogP contribution < -0.4 is 15.5 Å². The molecule has 36 heavy (non-hydrogen) atoms. The van der Waals surface area contributed by atoms with Gasteiger partial charge in [0.2, 0.25) is 5.13 Å². The second kappa shape index (κ2) is 10.9. The number of nitrogen functional groups attached to an aromatic ring is 1. The van der Waals surface area contributed by atoms with E-state index in [9.17, 15) is 8.42 Å². The summed E-state index contributed by atoms with van der Waals surface area (Å²) in [6.07, 6.45) is 0.725. The maximum Gasteiger partial charge on any atom is 0.306 e. The van der Waals surface area contributed by atoms with Gasteiger partial charge in [0, 0.05) is 69.1 Å². The third-order valence-corrected chi connectivity index (χ3v) is 10.3. The minimum atomic E-state index is -4.04. The summed E-state index contributed by atoms with van der Waals surface area (Å²) in [4.78, 5) is 8.93. The van der Waals surface area contributed by atoms with Crippen molar-refractivity contribution >= 4 is 72.9 Å². The Morgan fingerprint density at radius 3 is 2.19 bits per heavy atom. The zero-order chi connectivity index (χ0) is 26.1. The van der Waals surface area contributed by atoms with Crippen molar-refractivity contribution < 1.29 is 8.42 Å². The molecule has 8 nitrogen and oxygen atoms in total. The number of hydrogen-bond acceptors (Lipinski definition) is 8. The maximum absolute atomic E-state index is 12.4. The molecule has 2 heterocycles. The van der Waals surface area contributed by atoms with E-state index in [2.05, 4.69) is 29.2 Å². The van der Waals surface area contributed by atoms with E-state index in [1.54, 1.807) is 0 Å². The van der Waals surface area contributed by atoms with Crippen LogP contribution >= 0.6 is 46.3 Å². The molecule has 13 heteroatoms. The van der Waals surface area contributed by atoms with Crippen molar-refractivity contribution in [3.05, 3.63) is 65.5 Å². The Hall–Kier alpha value is -1.82. The van der Waals surface area contributed by atoms with Crippen LogP contribution in [0, 0.1) is 0 Å². The number of hydrogen-bond donors (Lipinski definition) is 1. The monoisotopic (exact) mass is 588 g/mol. The highest BCUT2D eigenvalue weighted by Gasteiger charge is 2.44. The summed E-state index contributed by atoms with van der Waals surface area (Å²) in [5, 5.41) is 0.735. The van der Waals surface area contributed by atoms with Gasteiger partial charge in [0.1, 0.15) is 0 Å². The van der Waals surface area contributed by atoms with Gasteiger partial charge in [0.25, 0.3) is 10.0 Å². The number of nitrogens with two attached hydrogens (primary N) is 1. The lowest BCUT2D eigenvalue weighted by molar-refractivity contribution is 0.384. The standard InChI is InChI=1S/C23H27Cl3N6O2S2/c1-30(2)19-9-3-16(4-10-19)15-20(17-5-7-18(27)8-6-17)21-28-22(35-29-21)31-11-13-32(14-12-31)36(33,34)23(24,25)26/h3-10,20H,11-15,27H2,1-2H3. The molecule has 1 aromatic heterocycles. The van der Waals surface area contributed by atoms with Gasteiger partial charge in [0.15, 0.2) is 5.82 Å². The van der Waals surface area contributed by atoms with Crippen LogP contribution in [0.15, 0.2) is 48.5 Å². The van der Waals surface area contributed by atoms with Crippen molar-refractivity contribution in [2.24, 2.45) is 0 Å². The minimum absolute atomic E-state index is 0.0631. The fourth-order valence-corrected chi connectivity index (χ4v) is 6.61. The Labute approximate surface area is 230 Å². The van der Waals surface area contributed by atoms with Crippen LogP contribution in [0.3, 0.4) is 0 Å². The van der Waals surface area contributed by atoms with Crippen molar-refractivity contribution in [1.29, 1.82) is 0 Å². The molecular formula is C23H27Cl3N6O2S2. The molecule has 194 valence electrons. The Bertz CT molecular complexity index is 1270. The first-order valence-electron chi connectivity index (χ1n) is 11.2. The summed E-state index contributed by atoms with van der Waals surface area (Å²) < 4.78 is 28.4. The highest BCUT2D eigenvalue weighted by molar-refractivity contribution is 7.95. The third kappa shape index (κ3) is 6.00. The van der Waals surface area contributed by atoms with Crippen molar-refractivity contribution in [1.82, 2.24) is 13.7 Å². The zero-order valence-electron chi connectivity index (χ0n) is 19.8. The fourth-order valence-electron chi connectivity index (χ4n) is 4.01. The molecule has 0 spiro atoms. The van der Waals surface area contributed by atoms with Crippen LogP contribution in [-0.2, 0) is 16.4 Å². The number of halogens is 3. The molecule has 1 saturated heterocycles. The first-order chi connectivity index (χ1) is 17.0. The quantitative estimate of drug-likeness (QED) is 0.324. The summed E-state index contributed by atoms with van der Waals surface area (Å²) in [6, 6.07) is 16.2. The predicted octanol–water partition coefficient (Wildman–Crippen LogP) is 4.34. The van der Waals surface area contributed by atoms with E-state index in [1.165, 1.54) is 21.4 Å². The zero-order valence-corrected chi connectivity index (χ0v) is 23.7. The summed E-state index contributed by atoms with van der Waals surface area (Å²) in [6.45, 7) is 1.25. The topological polar surface area (TPSA) is 95.7 Å². The van der Waals surface area contributed by atoms with Crippen LogP contribution in [0.2, 0.25) is 0 Å². The van der Waals surface area contributed by atoms with Gasteiger partial charge < -0.3 is 15.5 Å². The number of sulfonamides is 1.